The molecular weight excluding hydrogens is 242 g/mol. The first-order valence-electron chi connectivity index (χ1n) is 6.61. The Morgan fingerprint density at radius 2 is 2.11 bits per heavy atom. The Bertz CT molecular complexity index is 429. The van der Waals surface area contributed by atoms with Crippen molar-refractivity contribution in [3.8, 4) is 0 Å². The van der Waals surface area contributed by atoms with Crippen molar-refractivity contribution in [2.45, 2.75) is 13.5 Å². The minimum atomic E-state index is 0.166. The van der Waals surface area contributed by atoms with Crippen LogP contribution in [-0.2, 0) is 11.3 Å². The zero-order chi connectivity index (χ0) is 13.7. The number of rotatable bonds is 4. The van der Waals surface area contributed by atoms with E-state index in [9.17, 15) is 4.79 Å². The zero-order valence-electron chi connectivity index (χ0n) is 11.6. The lowest BCUT2D eigenvalue weighted by molar-refractivity contribution is -0.131. The highest BCUT2D eigenvalue weighted by Crippen LogP contribution is 1.99. The maximum Gasteiger partial charge on any atom is 0.236 e. The van der Waals surface area contributed by atoms with Crippen molar-refractivity contribution in [2.75, 3.05) is 39.8 Å². The molecule has 6 nitrogen and oxygen atoms in total. The van der Waals surface area contributed by atoms with E-state index in [-0.39, 0.29) is 5.91 Å². The summed E-state index contributed by atoms with van der Waals surface area (Å²) in [6, 6.07) is 1.86. The van der Waals surface area contributed by atoms with Gasteiger partial charge in [0.05, 0.1) is 12.2 Å². The second kappa shape index (κ2) is 6.58. The summed E-state index contributed by atoms with van der Waals surface area (Å²) in [5, 5.41) is 3.14. The number of nitrogens with one attached hydrogen (secondary N) is 1. The average Bonchev–Trinajstić information content (AvgIpc) is 2.39. The van der Waals surface area contributed by atoms with Crippen LogP contribution in [0.25, 0.3) is 0 Å². The highest BCUT2D eigenvalue weighted by molar-refractivity contribution is 5.78. The number of amides is 1. The Balaban J connectivity index is 1.72. The van der Waals surface area contributed by atoms with Crippen LogP contribution in [0.2, 0.25) is 0 Å². The smallest absolute Gasteiger partial charge is 0.236 e. The SMILES string of the molecule is Cc1nccc(CNCC(=O)N2CCN(C)CC2)n1. The summed E-state index contributed by atoms with van der Waals surface area (Å²) in [4.78, 5) is 24.5. The molecule has 6 heteroatoms. The van der Waals surface area contributed by atoms with Gasteiger partial charge in [0.2, 0.25) is 5.91 Å². The largest absolute Gasteiger partial charge is 0.339 e. The van der Waals surface area contributed by atoms with Crippen molar-refractivity contribution in [2.24, 2.45) is 0 Å². The molecule has 0 saturated carbocycles. The summed E-state index contributed by atoms with van der Waals surface area (Å²) >= 11 is 0. The molecule has 1 fully saturated rings. The van der Waals surface area contributed by atoms with Crippen LogP contribution in [-0.4, -0.2) is 65.4 Å². The summed E-state index contributed by atoms with van der Waals surface area (Å²) in [7, 11) is 2.08. The van der Waals surface area contributed by atoms with E-state index in [2.05, 4.69) is 27.2 Å². The fraction of sp³-hybridized carbons (Fsp3) is 0.615. The number of aryl methyl sites for hydroxylation is 1. The summed E-state index contributed by atoms with van der Waals surface area (Å²) in [5.74, 6) is 0.920. The predicted octanol–water partition coefficient (Wildman–Crippen LogP) is -0.351. The van der Waals surface area contributed by atoms with E-state index in [0.717, 1.165) is 37.7 Å². The maximum atomic E-state index is 12.0. The van der Waals surface area contributed by atoms with E-state index in [4.69, 9.17) is 0 Å². The lowest BCUT2D eigenvalue weighted by Crippen LogP contribution is -2.49. The summed E-state index contributed by atoms with van der Waals surface area (Å²) < 4.78 is 0. The van der Waals surface area contributed by atoms with E-state index in [0.29, 0.717) is 13.1 Å². The first-order valence-corrected chi connectivity index (χ1v) is 6.61. The van der Waals surface area contributed by atoms with E-state index in [1.807, 2.05) is 17.9 Å². The highest BCUT2D eigenvalue weighted by Gasteiger charge is 2.18. The Kier molecular flexibility index (Phi) is 4.81. The van der Waals surface area contributed by atoms with Crippen molar-refractivity contribution < 1.29 is 4.79 Å². The van der Waals surface area contributed by atoms with Crippen molar-refractivity contribution in [3.63, 3.8) is 0 Å². The molecule has 1 amide bonds. The first-order chi connectivity index (χ1) is 9.15. The van der Waals surface area contributed by atoms with Gasteiger partial charge in [-0.25, -0.2) is 9.97 Å². The molecule has 1 aromatic heterocycles. The van der Waals surface area contributed by atoms with E-state index >= 15 is 0 Å². The number of nitrogens with zero attached hydrogens (tertiary/aromatic N) is 4. The van der Waals surface area contributed by atoms with Crippen LogP contribution >= 0.6 is 0 Å². The number of piperazine rings is 1. The van der Waals surface area contributed by atoms with Crippen LogP contribution in [0.4, 0.5) is 0 Å². The van der Waals surface area contributed by atoms with Crippen LogP contribution in [0, 0.1) is 6.92 Å². The molecule has 0 atom stereocenters. The molecule has 1 aliphatic rings. The molecule has 1 saturated heterocycles. The number of aromatic nitrogens is 2. The fourth-order valence-electron chi connectivity index (χ4n) is 2.07. The minimum absolute atomic E-state index is 0.166. The van der Waals surface area contributed by atoms with Crippen LogP contribution in [0.5, 0.6) is 0 Å². The molecule has 2 heterocycles. The van der Waals surface area contributed by atoms with Crippen LogP contribution in [0.15, 0.2) is 12.3 Å². The molecular formula is C13H21N5O. The lowest BCUT2D eigenvalue weighted by atomic mass is 10.3. The van der Waals surface area contributed by atoms with Gasteiger partial charge in [-0.05, 0) is 20.0 Å². The Morgan fingerprint density at radius 1 is 1.37 bits per heavy atom. The summed E-state index contributed by atoms with van der Waals surface area (Å²) in [6.45, 7) is 6.38. The highest BCUT2D eigenvalue weighted by atomic mass is 16.2. The average molecular weight is 263 g/mol. The number of carbonyl (C=O) groups is 1. The molecule has 0 radical (unpaired) electrons. The number of hydrogen-bond donors (Lipinski definition) is 1. The molecule has 0 bridgehead atoms. The van der Waals surface area contributed by atoms with Gasteiger partial charge in [-0.1, -0.05) is 0 Å². The second-order valence-corrected chi connectivity index (χ2v) is 4.88. The predicted molar refractivity (Wildman–Crippen MR) is 72.6 cm³/mol. The van der Waals surface area contributed by atoms with Crippen molar-refractivity contribution in [1.82, 2.24) is 25.1 Å². The van der Waals surface area contributed by atoms with E-state index in [1.165, 1.54) is 0 Å². The topological polar surface area (TPSA) is 61.4 Å². The molecule has 1 aromatic rings. The lowest BCUT2D eigenvalue weighted by Gasteiger charge is -2.32. The molecule has 1 N–H and O–H groups in total. The van der Waals surface area contributed by atoms with Crippen LogP contribution in [0.3, 0.4) is 0 Å². The summed E-state index contributed by atoms with van der Waals surface area (Å²) in [6.07, 6.45) is 1.74. The minimum Gasteiger partial charge on any atom is -0.339 e. The van der Waals surface area contributed by atoms with Gasteiger partial charge in [0.1, 0.15) is 5.82 Å². The summed E-state index contributed by atoms with van der Waals surface area (Å²) in [5.41, 5.74) is 0.915. The third-order valence-corrected chi connectivity index (χ3v) is 3.27. The van der Waals surface area contributed by atoms with Crippen molar-refractivity contribution in [3.05, 3.63) is 23.8 Å². The third-order valence-electron chi connectivity index (χ3n) is 3.27. The quantitative estimate of drug-likeness (QED) is 0.804. The Labute approximate surface area is 113 Å². The standard InChI is InChI=1S/C13H21N5O/c1-11-15-4-3-12(16-11)9-14-10-13(19)18-7-5-17(2)6-8-18/h3-4,14H,5-10H2,1-2H3. The van der Waals surface area contributed by atoms with Crippen molar-refractivity contribution >= 4 is 5.91 Å². The molecule has 2 rings (SSSR count). The Hall–Kier alpha value is -1.53. The van der Waals surface area contributed by atoms with E-state index in [1.54, 1.807) is 6.20 Å². The van der Waals surface area contributed by atoms with Gasteiger partial charge in [0, 0.05) is 38.9 Å². The third kappa shape index (κ3) is 4.25. The van der Waals surface area contributed by atoms with Crippen LogP contribution in [0.1, 0.15) is 11.5 Å². The molecule has 0 aromatic carbocycles. The molecule has 0 spiro atoms. The maximum absolute atomic E-state index is 12.0. The number of carbonyl (C=O) groups excluding carboxylic acids is 1. The van der Waals surface area contributed by atoms with Crippen LogP contribution < -0.4 is 5.32 Å². The van der Waals surface area contributed by atoms with Crippen molar-refractivity contribution in [1.29, 1.82) is 0 Å². The monoisotopic (exact) mass is 263 g/mol. The van der Waals surface area contributed by atoms with Gasteiger partial charge < -0.3 is 15.1 Å². The number of hydrogen-bond acceptors (Lipinski definition) is 5. The fourth-order valence-corrected chi connectivity index (χ4v) is 2.07. The molecule has 1 aliphatic heterocycles. The molecule has 104 valence electrons. The molecule has 0 aliphatic carbocycles. The van der Waals surface area contributed by atoms with Gasteiger partial charge in [0.15, 0.2) is 0 Å². The zero-order valence-corrected chi connectivity index (χ0v) is 11.6. The van der Waals surface area contributed by atoms with E-state index < -0.39 is 0 Å². The van der Waals surface area contributed by atoms with Gasteiger partial charge in [-0.2, -0.15) is 0 Å². The molecule has 0 unspecified atom stereocenters. The molecule has 19 heavy (non-hydrogen) atoms. The van der Waals surface area contributed by atoms with Gasteiger partial charge in [-0.15, -0.1) is 0 Å². The van der Waals surface area contributed by atoms with Gasteiger partial charge >= 0.3 is 0 Å². The number of likely N-dealkylation sites (N-methyl/N-ethyl adjacent to an activating group) is 1. The Morgan fingerprint density at radius 3 is 2.79 bits per heavy atom. The van der Waals surface area contributed by atoms with Gasteiger partial charge in [-0.3, -0.25) is 4.79 Å². The van der Waals surface area contributed by atoms with Gasteiger partial charge in [0.25, 0.3) is 0 Å². The second-order valence-electron chi connectivity index (χ2n) is 4.88. The first kappa shape index (κ1) is 13.9. The normalized spacial score (nSPS) is 16.6.